The highest BCUT2D eigenvalue weighted by Gasteiger charge is 2.45. The van der Waals surface area contributed by atoms with E-state index in [2.05, 4.69) is 0 Å². The third-order valence-corrected chi connectivity index (χ3v) is 3.86. The molecular formula is C15H11ClF3NO. The van der Waals surface area contributed by atoms with Gasteiger partial charge in [0.15, 0.2) is 0 Å². The first-order valence-corrected chi connectivity index (χ1v) is 6.76. The molecule has 0 N–H and O–H groups in total. The number of halogens is 4. The number of nitrogens with zero attached hydrogens (tertiary/aromatic N) is 1. The summed E-state index contributed by atoms with van der Waals surface area (Å²) < 4.78 is 42.1. The molecule has 2 aromatic rings. The van der Waals surface area contributed by atoms with Crippen LogP contribution in [0.25, 0.3) is 11.3 Å². The van der Waals surface area contributed by atoms with E-state index in [9.17, 15) is 18.0 Å². The molecule has 110 valence electrons. The minimum atomic E-state index is -3.34. The summed E-state index contributed by atoms with van der Waals surface area (Å²) in [7, 11) is 0. The predicted molar refractivity (Wildman–Crippen MR) is 73.5 cm³/mol. The Morgan fingerprint density at radius 3 is 2.62 bits per heavy atom. The van der Waals surface area contributed by atoms with Crippen LogP contribution < -0.4 is 0 Å². The van der Waals surface area contributed by atoms with Crippen molar-refractivity contribution in [3.8, 4) is 11.3 Å². The number of aromatic nitrogens is 1. The van der Waals surface area contributed by atoms with E-state index >= 15 is 0 Å². The van der Waals surface area contributed by atoms with Gasteiger partial charge in [-0.25, -0.2) is 4.39 Å². The summed E-state index contributed by atoms with van der Waals surface area (Å²) in [4.78, 5) is 11.9. The summed E-state index contributed by atoms with van der Waals surface area (Å²) in [6.45, 7) is 1.60. The lowest BCUT2D eigenvalue weighted by molar-refractivity contribution is -0.00429. The molecule has 0 atom stereocenters. The maximum Gasteiger partial charge on any atom is 0.313 e. The van der Waals surface area contributed by atoms with Crippen LogP contribution in [-0.4, -0.2) is 16.3 Å². The van der Waals surface area contributed by atoms with E-state index < -0.39 is 23.9 Å². The molecule has 0 amide bonds. The van der Waals surface area contributed by atoms with E-state index in [1.165, 1.54) is 10.6 Å². The second kappa shape index (κ2) is 4.63. The average Bonchev–Trinajstić information content (AvgIpc) is 2.71. The summed E-state index contributed by atoms with van der Waals surface area (Å²) in [6.07, 6.45) is -0.553. The van der Waals surface area contributed by atoms with Crippen molar-refractivity contribution < 1.29 is 18.0 Å². The van der Waals surface area contributed by atoms with Gasteiger partial charge < -0.3 is 4.57 Å². The molecule has 0 bridgehead atoms. The monoisotopic (exact) mass is 313 g/mol. The van der Waals surface area contributed by atoms with E-state index in [0.717, 1.165) is 6.07 Å². The van der Waals surface area contributed by atoms with Crippen LogP contribution in [0.1, 0.15) is 22.5 Å². The molecule has 1 aromatic heterocycles. The van der Waals surface area contributed by atoms with Crippen molar-refractivity contribution in [3.63, 3.8) is 0 Å². The maximum atomic E-state index is 13.6. The first-order chi connectivity index (χ1) is 9.79. The molecule has 0 spiro atoms. The number of hydrogen-bond donors (Lipinski definition) is 0. The van der Waals surface area contributed by atoms with Gasteiger partial charge in [-0.15, -0.1) is 0 Å². The Kier molecular flexibility index (Phi) is 3.13. The largest absolute Gasteiger partial charge is 0.337 e. The van der Waals surface area contributed by atoms with Crippen molar-refractivity contribution >= 4 is 17.4 Å². The highest BCUT2D eigenvalue weighted by Crippen LogP contribution is 2.36. The number of ketones is 1. The fourth-order valence-electron chi connectivity index (χ4n) is 2.70. The maximum absolute atomic E-state index is 13.6. The van der Waals surface area contributed by atoms with Crippen molar-refractivity contribution in [2.24, 2.45) is 0 Å². The first-order valence-electron chi connectivity index (χ1n) is 6.39. The lowest BCUT2D eigenvalue weighted by atomic mass is 10.0. The lowest BCUT2D eigenvalue weighted by Crippen LogP contribution is -2.37. The van der Waals surface area contributed by atoms with Gasteiger partial charge >= 0.3 is 5.92 Å². The standard InChI is InChI=1S/C15H11ClF3NO/c1-8-4-12(9-5-10(16)7-11(17)6-9)20-3-2-15(18,19)14(21)13(8)20/h4-7H,2-3H2,1H3. The van der Waals surface area contributed by atoms with Crippen molar-refractivity contribution in [1.82, 2.24) is 4.57 Å². The number of Topliss-reactive ketones (excluding diaryl/α,β-unsaturated/α-hetero) is 1. The molecule has 1 aromatic carbocycles. The molecule has 0 saturated carbocycles. The minimum absolute atomic E-state index is 0.00534. The number of aryl methyl sites for hydroxylation is 1. The second-order valence-corrected chi connectivity index (χ2v) is 5.59. The van der Waals surface area contributed by atoms with E-state index in [1.807, 2.05) is 0 Å². The van der Waals surface area contributed by atoms with Gasteiger partial charge in [0, 0.05) is 29.2 Å². The van der Waals surface area contributed by atoms with E-state index in [-0.39, 0.29) is 17.3 Å². The lowest BCUT2D eigenvalue weighted by Gasteiger charge is -2.24. The number of rotatable bonds is 1. The van der Waals surface area contributed by atoms with E-state index in [4.69, 9.17) is 11.6 Å². The normalized spacial score (nSPS) is 16.9. The summed E-state index contributed by atoms with van der Waals surface area (Å²) >= 11 is 5.83. The van der Waals surface area contributed by atoms with Gasteiger partial charge in [0.25, 0.3) is 0 Å². The number of hydrogen-bond acceptors (Lipinski definition) is 1. The number of fused-ring (bicyclic) bond motifs is 1. The van der Waals surface area contributed by atoms with Gasteiger partial charge in [0.1, 0.15) is 5.82 Å². The molecule has 21 heavy (non-hydrogen) atoms. The van der Waals surface area contributed by atoms with Gasteiger partial charge in [0.05, 0.1) is 5.69 Å². The number of carbonyl (C=O) groups is 1. The Bertz CT molecular complexity index is 731. The van der Waals surface area contributed by atoms with Gasteiger partial charge in [-0.1, -0.05) is 11.6 Å². The van der Waals surface area contributed by atoms with Crippen LogP contribution in [0.4, 0.5) is 13.2 Å². The van der Waals surface area contributed by atoms with Crippen LogP contribution >= 0.6 is 11.6 Å². The van der Waals surface area contributed by atoms with Crippen molar-refractivity contribution in [2.75, 3.05) is 0 Å². The second-order valence-electron chi connectivity index (χ2n) is 5.15. The smallest absolute Gasteiger partial charge is 0.313 e. The molecule has 0 fully saturated rings. The van der Waals surface area contributed by atoms with Crippen LogP contribution in [0.3, 0.4) is 0 Å². The van der Waals surface area contributed by atoms with Gasteiger partial charge in [-0.2, -0.15) is 8.78 Å². The highest BCUT2D eigenvalue weighted by molar-refractivity contribution is 6.30. The molecular weight excluding hydrogens is 303 g/mol. The first kappa shape index (κ1) is 14.2. The van der Waals surface area contributed by atoms with E-state index in [0.29, 0.717) is 16.8 Å². The van der Waals surface area contributed by atoms with Crippen molar-refractivity contribution in [3.05, 3.63) is 46.4 Å². The van der Waals surface area contributed by atoms with Crippen LogP contribution in [0.15, 0.2) is 24.3 Å². The zero-order chi connectivity index (χ0) is 15.4. The topological polar surface area (TPSA) is 22.0 Å². The fraction of sp³-hybridized carbons (Fsp3) is 0.267. The predicted octanol–water partition coefficient (Wildman–Crippen LogP) is 4.48. The number of alkyl halides is 2. The molecule has 0 saturated heterocycles. The molecule has 0 radical (unpaired) electrons. The number of carbonyl (C=O) groups excluding carboxylic acids is 1. The highest BCUT2D eigenvalue weighted by atomic mass is 35.5. The van der Waals surface area contributed by atoms with E-state index in [1.54, 1.807) is 19.1 Å². The molecule has 2 nitrogen and oxygen atoms in total. The molecule has 3 rings (SSSR count). The zero-order valence-corrected chi connectivity index (χ0v) is 11.8. The Balaban J connectivity index is 2.20. The third-order valence-electron chi connectivity index (χ3n) is 3.64. The Hall–Kier alpha value is -1.75. The molecule has 1 aliphatic heterocycles. The molecule has 0 unspecified atom stereocenters. The SMILES string of the molecule is Cc1cc(-c2cc(F)cc(Cl)c2)n2c1C(=O)C(F)(F)CC2. The number of benzene rings is 1. The van der Waals surface area contributed by atoms with Crippen LogP contribution in [-0.2, 0) is 6.54 Å². The summed E-state index contributed by atoms with van der Waals surface area (Å²) in [5, 5.41) is 0.214. The fourth-order valence-corrected chi connectivity index (χ4v) is 2.92. The average molecular weight is 314 g/mol. The summed E-state index contributed by atoms with van der Waals surface area (Å²) in [5.74, 6) is -5.03. The van der Waals surface area contributed by atoms with Crippen LogP contribution in [0, 0.1) is 12.7 Å². The molecule has 1 aliphatic rings. The summed E-state index contributed by atoms with van der Waals surface area (Å²) in [6, 6.07) is 5.59. The molecule has 2 heterocycles. The van der Waals surface area contributed by atoms with Gasteiger partial charge in [0.2, 0.25) is 5.78 Å². The minimum Gasteiger partial charge on any atom is -0.337 e. The Morgan fingerprint density at radius 1 is 1.24 bits per heavy atom. The van der Waals surface area contributed by atoms with Gasteiger partial charge in [-0.3, -0.25) is 4.79 Å². The van der Waals surface area contributed by atoms with Crippen LogP contribution in [0.2, 0.25) is 5.02 Å². The summed E-state index contributed by atoms with van der Waals surface area (Å²) in [5.41, 5.74) is 1.43. The Morgan fingerprint density at radius 2 is 1.95 bits per heavy atom. The van der Waals surface area contributed by atoms with Crippen molar-refractivity contribution in [2.45, 2.75) is 25.8 Å². The Labute approximate surface area is 124 Å². The van der Waals surface area contributed by atoms with Gasteiger partial charge in [-0.05, 0) is 36.8 Å². The van der Waals surface area contributed by atoms with Crippen LogP contribution in [0.5, 0.6) is 0 Å². The molecule has 6 heteroatoms. The zero-order valence-electron chi connectivity index (χ0n) is 11.1. The third kappa shape index (κ3) is 2.25. The quantitative estimate of drug-likeness (QED) is 0.761. The molecule has 0 aliphatic carbocycles. The van der Waals surface area contributed by atoms with Crippen molar-refractivity contribution in [1.29, 1.82) is 0 Å².